The Morgan fingerprint density at radius 1 is 1.08 bits per heavy atom. The van der Waals surface area contributed by atoms with Crippen LogP contribution in [-0.4, -0.2) is 50.2 Å². The number of nitrogens with zero attached hydrogens (tertiary/aromatic N) is 2. The van der Waals surface area contributed by atoms with E-state index in [1.54, 1.807) is 4.90 Å². The topological polar surface area (TPSA) is 100 Å². The van der Waals surface area contributed by atoms with Crippen LogP contribution in [0.1, 0.15) is 12.5 Å². The number of fused-ring (bicyclic) bond motifs is 1. The SMILES string of the molecule is CC(=O)NCC1CN(c2cc(F)c(N3CC4C(C3)C4C(=O)NOCc3ccccc3)c(F)c2)C(=O)O1. The van der Waals surface area contributed by atoms with Crippen LogP contribution in [0.4, 0.5) is 25.0 Å². The summed E-state index contributed by atoms with van der Waals surface area (Å²) < 4.78 is 35.2. The van der Waals surface area contributed by atoms with E-state index in [2.05, 4.69) is 10.8 Å². The molecular weight excluding hydrogens is 474 g/mol. The zero-order chi connectivity index (χ0) is 25.4. The van der Waals surface area contributed by atoms with Crippen molar-refractivity contribution in [3.05, 3.63) is 59.7 Å². The number of nitrogens with one attached hydrogen (secondary N) is 2. The minimum Gasteiger partial charge on any atom is -0.442 e. The Balaban J connectivity index is 1.16. The summed E-state index contributed by atoms with van der Waals surface area (Å²) in [5.41, 5.74) is 3.28. The molecule has 2 aromatic carbocycles. The smallest absolute Gasteiger partial charge is 0.414 e. The van der Waals surface area contributed by atoms with E-state index in [1.807, 2.05) is 30.3 Å². The molecule has 2 aromatic rings. The van der Waals surface area contributed by atoms with Crippen LogP contribution in [0.15, 0.2) is 42.5 Å². The first-order valence-corrected chi connectivity index (χ1v) is 11.7. The highest BCUT2D eigenvalue weighted by Crippen LogP contribution is 2.53. The molecular formula is C25H26F2N4O5. The third kappa shape index (κ3) is 4.83. The van der Waals surface area contributed by atoms with Gasteiger partial charge in [0.25, 0.3) is 0 Å². The molecule has 3 fully saturated rings. The van der Waals surface area contributed by atoms with Crippen LogP contribution in [-0.2, 0) is 25.8 Å². The number of amides is 3. The van der Waals surface area contributed by atoms with Crippen molar-refractivity contribution in [1.29, 1.82) is 0 Å². The molecule has 2 saturated heterocycles. The molecule has 1 aliphatic carbocycles. The number of anilines is 2. The fourth-order valence-electron chi connectivity index (χ4n) is 5.04. The van der Waals surface area contributed by atoms with Gasteiger partial charge in [-0.3, -0.25) is 19.3 Å². The molecule has 9 nitrogen and oxygen atoms in total. The van der Waals surface area contributed by atoms with Crippen LogP contribution < -0.4 is 20.6 Å². The molecule has 3 amide bonds. The highest BCUT2D eigenvalue weighted by molar-refractivity contribution is 5.90. The number of carbonyl (C=O) groups is 3. The van der Waals surface area contributed by atoms with Crippen LogP contribution in [0.25, 0.3) is 0 Å². The number of benzene rings is 2. The van der Waals surface area contributed by atoms with E-state index in [0.717, 1.165) is 22.6 Å². The van der Waals surface area contributed by atoms with E-state index in [1.165, 1.54) is 6.92 Å². The lowest BCUT2D eigenvalue weighted by Gasteiger charge is -2.24. The fourth-order valence-corrected chi connectivity index (χ4v) is 5.04. The number of rotatable bonds is 8. The lowest BCUT2D eigenvalue weighted by atomic mass is 10.2. The monoisotopic (exact) mass is 500 g/mol. The number of halogens is 2. The lowest BCUT2D eigenvalue weighted by molar-refractivity contribution is -0.136. The molecule has 0 bridgehead atoms. The molecule has 2 aliphatic heterocycles. The number of carbonyl (C=O) groups excluding carboxylic acids is 3. The van der Waals surface area contributed by atoms with Crippen molar-refractivity contribution in [3.63, 3.8) is 0 Å². The summed E-state index contributed by atoms with van der Waals surface area (Å²) in [6, 6.07) is 11.6. The van der Waals surface area contributed by atoms with Gasteiger partial charge in [-0.1, -0.05) is 30.3 Å². The molecule has 3 atom stereocenters. The number of ether oxygens (including phenoxy) is 1. The van der Waals surface area contributed by atoms with Crippen LogP contribution in [0.5, 0.6) is 0 Å². The Morgan fingerprint density at radius 3 is 2.39 bits per heavy atom. The van der Waals surface area contributed by atoms with Crippen LogP contribution in [0.2, 0.25) is 0 Å². The van der Waals surface area contributed by atoms with Gasteiger partial charge in [-0.2, -0.15) is 0 Å². The van der Waals surface area contributed by atoms with Crippen LogP contribution in [0, 0.1) is 29.4 Å². The summed E-state index contributed by atoms with van der Waals surface area (Å²) in [7, 11) is 0. The van der Waals surface area contributed by atoms with Crippen LogP contribution in [0.3, 0.4) is 0 Å². The molecule has 2 heterocycles. The van der Waals surface area contributed by atoms with E-state index < -0.39 is 23.8 Å². The quantitative estimate of drug-likeness (QED) is 0.540. The number of piperidine rings is 1. The van der Waals surface area contributed by atoms with Gasteiger partial charge < -0.3 is 15.0 Å². The van der Waals surface area contributed by atoms with Gasteiger partial charge in [0.1, 0.15) is 11.8 Å². The predicted molar refractivity (Wildman–Crippen MR) is 125 cm³/mol. The van der Waals surface area contributed by atoms with E-state index in [4.69, 9.17) is 9.57 Å². The van der Waals surface area contributed by atoms with Crippen molar-refractivity contribution in [2.24, 2.45) is 17.8 Å². The lowest BCUT2D eigenvalue weighted by Crippen LogP contribution is -2.33. The summed E-state index contributed by atoms with van der Waals surface area (Å²) in [4.78, 5) is 43.7. The van der Waals surface area contributed by atoms with Crippen molar-refractivity contribution in [2.75, 3.05) is 36.0 Å². The largest absolute Gasteiger partial charge is 0.442 e. The average Bonchev–Trinajstić information content (AvgIpc) is 3.14. The van der Waals surface area contributed by atoms with E-state index in [9.17, 15) is 14.4 Å². The Labute approximate surface area is 206 Å². The summed E-state index contributed by atoms with van der Waals surface area (Å²) in [5, 5.41) is 2.55. The first kappa shape index (κ1) is 24.0. The molecule has 3 aliphatic rings. The van der Waals surface area contributed by atoms with E-state index >= 15 is 8.78 Å². The maximum atomic E-state index is 15.0. The molecule has 0 radical (unpaired) electrons. The van der Waals surface area contributed by atoms with Crippen molar-refractivity contribution < 1.29 is 32.7 Å². The summed E-state index contributed by atoms with van der Waals surface area (Å²) in [6.07, 6.45) is -1.35. The minimum atomic E-state index is -0.795. The third-order valence-electron chi connectivity index (χ3n) is 6.83. The number of hydroxylamine groups is 1. The highest BCUT2D eigenvalue weighted by atomic mass is 19.1. The Hall–Kier alpha value is -3.73. The van der Waals surface area contributed by atoms with Gasteiger partial charge in [-0.05, 0) is 17.4 Å². The first-order valence-electron chi connectivity index (χ1n) is 11.7. The molecule has 190 valence electrons. The molecule has 0 aromatic heterocycles. The second-order valence-electron chi connectivity index (χ2n) is 9.31. The predicted octanol–water partition coefficient (Wildman–Crippen LogP) is 2.36. The third-order valence-corrected chi connectivity index (χ3v) is 6.83. The van der Waals surface area contributed by atoms with E-state index in [0.29, 0.717) is 13.1 Å². The van der Waals surface area contributed by atoms with Gasteiger partial charge in [-0.15, -0.1) is 0 Å². The summed E-state index contributed by atoms with van der Waals surface area (Å²) in [6.45, 7) is 2.47. The zero-order valence-corrected chi connectivity index (χ0v) is 19.6. The molecule has 36 heavy (non-hydrogen) atoms. The minimum absolute atomic E-state index is 0.00750. The summed E-state index contributed by atoms with van der Waals surface area (Å²) >= 11 is 0. The zero-order valence-electron chi connectivity index (χ0n) is 19.6. The van der Waals surface area contributed by atoms with Crippen molar-refractivity contribution >= 4 is 29.3 Å². The molecule has 1 saturated carbocycles. The Morgan fingerprint density at radius 2 is 1.75 bits per heavy atom. The number of hydrogen-bond acceptors (Lipinski definition) is 6. The molecule has 3 unspecified atom stereocenters. The van der Waals surface area contributed by atoms with Gasteiger partial charge in [0.2, 0.25) is 11.8 Å². The number of cyclic esters (lactones) is 1. The molecule has 5 rings (SSSR count). The number of hydrogen-bond donors (Lipinski definition) is 2. The first-order chi connectivity index (χ1) is 17.3. The maximum Gasteiger partial charge on any atom is 0.414 e. The Kier molecular flexibility index (Phi) is 6.48. The van der Waals surface area contributed by atoms with E-state index in [-0.39, 0.29) is 60.6 Å². The van der Waals surface area contributed by atoms with Crippen molar-refractivity contribution in [2.45, 2.75) is 19.6 Å². The second-order valence-corrected chi connectivity index (χ2v) is 9.31. The normalized spacial score (nSPS) is 24.4. The van der Waals surface area contributed by atoms with Crippen molar-refractivity contribution in [1.82, 2.24) is 10.8 Å². The van der Waals surface area contributed by atoms with Crippen molar-refractivity contribution in [3.8, 4) is 0 Å². The summed E-state index contributed by atoms with van der Waals surface area (Å²) in [5.74, 6) is -2.35. The van der Waals surface area contributed by atoms with Gasteiger partial charge in [0, 0.05) is 38.1 Å². The molecule has 11 heteroatoms. The second kappa shape index (κ2) is 9.73. The van der Waals surface area contributed by atoms with Gasteiger partial charge >= 0.3 is 6.09 Å². The standard InChI is InChI=1S/C25H26F2N4O5/c1-14(32)28-9-17-10-31(25(34)36-17)16-7-20(26)23(21(27)8-16)30-11-18-19(12-30)22(18)24(33)29-35-13-15-5-3-2-4-6-15/h2-8,17-19,22H,9-13H2,1H3,(H,28,32)(H,29,33). The van der Waals surface area contributed by atoms with Crippen LogP contribution >= 0.6 is 0 Å². The van der Waals surface area contributed by atoms with Gasteiger partial charge in [0.05, 0.1) is 25.4 Å². The fraction of sp³-hybridized carbons (Fsp3) is 0.400. The average molecular weight is 501 g/mol. The molecule has 0 spiro atoms. The van der Waals surface area contributed by atoms with Gasteiger partial charge in [0.15, 0.2) is 11.6 Å². The van der Waals surface area contributed by atoms with Gasteiger partial charge in [-0.25, -0.2) is 19.1 Å². The maximum absolute atomic E-state index is 15.0. The molecule has 2 N–H and O–H groups in total. The Bertz CT molecular complexity index is 1150. The highest BCUT2D eigenvalue weighted by Gasteiger charge is 2.60.